The number of carbonyl (C=O) groups is 3. The van der Waals surface area contributed by atoms with Crippen LogP contribution in [0.15, 0.2) is 47.1 Å². The molecular weight excluding hydrogens is 575 g/mol. The van der Waals surface area contributed by atoms with E-state index in [0.717, 1.165) is 0 Å². The Labute approximate surface area is 246 Å². The van der Waals surface area contributed by atoms with Crippen LogP contribution in [-0.2, 0) is 14.9 Å². The van der Waals surface area contributed by atoms with Crippen LogP contribution in [0.2, 0.25) is 15.1 Å². The molecule has 0 saturated carbocycles. The van der Waals surface area contributed by atoms with Gasteiger partial charge in [-0.05, 0) is 50.6 Å². The Morgan fingerprint density at radius 2 is 1.65 bits per heavy atom. The molecule has 0 saturated heterocycles. The van der Waals surface area contributed by atoms with Gasteiger partial charge in [0.15, 0.2) is 12.0 Å². The summed E-state index contributed by atoms with van der Waals surface area (Å²) in [5.74, 6) is -0.729. The van der Waals surface area contributed by atoms with E-state index in [-0.39, 0.29) is 26.9 Å². The van der Waals surface area contributed by atoms with Crippen molar-refractivity contribution in [3.63, 3.8) is 0 Å². The van der Waals surface area contributed by atoms with Crippen molar-refractivity contribution in [1.82, 2.24) is 9.72 Å². The molecule has 0 N–H and O–H groups in total. The molecule has 2 aromatic heterocycles. The zero-order valence-electron chi connectivity index (χ0n) is 22.8. The topological polar surface area (TPSA) is 91.4 Å². The summed E-state index contributed by atoms with van der Waals surface area (Å²) in [7, 11) is 0. The van der Waals surface area contributed by atoms with Gasteiger partial charge in [-0.1, -0.05) is 72.9 Å². The average molecular weight is 602 g/mol. The third-order valence-corrected chi connectivity index (χ3v) is 6.69. The summed E-state index contributed by atoms with van der Waals surface area (Å²) in [6, 6.07) is 8.17. The summed E-state index contributed by atoms with van der Waals surface area (Å²) in [6.45, 7) is 10.9. The standard InChI is InChI=1S/C30H27Cl3N2O5/c1-29(2,3)27-25(26(34-40-27)24-19(32)12-18(31)13-20(24)33)28(38)35-14-17(15-36)23-16(8-7-9-21(23)35)10-11-22(37)39-30(4,5)6/h7-15H,1-6H3/b11-10+. The van der Waals surface area contributed by atoms with E-state index in [4.69, 9.17) is 44.1 Å². The number of esters is 1. The predicted octanol–water partition coefficient (Wildman–Crippen LogP) is 8.41. The van der Waals surface area contributed by atoms with Crippen LogP contribution in [0, 0.1) is 0 Å². The number of nitrogens with zero attached hydrogens (tertiary/aromatic N) is 2. The second-order valence-electron chi connectivity index (χ2n) is 11.2. The highest BCUT2D eigenvalue weighted by Crippen LogP contribution is 2.42. The number of ether oxygens (including phenoxy) is 1. The van der Waals surface area contributed by atoms with Crippen LogP contribution in [-0.4, -0.2) is 33.5 Å². The van der Waals surface area contributed by atoms with Gasteiger partial charge in [-0.3, -0.25) is 14.2 Å². The van der Waals surface area contributed by atoms with Crippen molar-refractivity contribution in [2.45, 2.75) is 52.6 Å². The number of hydrogen-bond donors (Lipinski definition) is 0. The molecule has 2 heterocycles. The molecule has 0 spiro atoms. The first-order chi connectivity index (χ1) is 18.6. The smallest absolute Gasteiger partial charge is 0.331 e. The van der Waals surface area contributed by atoms with Crippen molar-refractivity contribution in [3.8, 4) is 11.3 Å². The minimum atomic E-state index is -0.659. The summed E-state index contributed by atoms with van der Waals surface area (Å²) in [4.78, 5) is 38.7. The molecule has 0 bridgehead atoms. The highest BCUT2D eigenvalue weighted by atomic mass is 35.5. The third-order valence-electron chi connectivity index (χ3n) is 5.87. The van der Waals surface area contributed by atoms with E-state index in [2.05, 4.69) is 5.16 Å². The fourth-order valence-corrected chi connectivity index (χ4v) is 5.29. The van der Waals surface area contributed by atoms with Crippen LogP contribution in [0.4, 0.5) is 0 Å². The van der Waals surface area contributed by atoms with Crippen molar-refractivity contribution in [3.05, 3.63) is 80.1 Å². The van der Waals surface area contributed by atoms with E-state index in [1.807, 2.05) is 20.8 Å². The lowest BCUT2D eigenvalue weighted by Gasteiger charge is -2.17. The maximum Gasteiger partial charge on any atom is 0.331 e. The van der Waals surface area contributed by atoms with Gasteiger partial charge in [-0.25, -0.2) is 4.79 Å². The molecule has 7 nitrogen and oxygen atoms in total. The number of rotatable bonds is 5. The summed E-state index contributed by atoms with van der Waals surface area (Å²) in [5.41, 5.74) is 0.558. The minimum Gasteiger partial charge on any atom is -0.457 e. The summed E-state index contributed by atoms with van der Waals surface area (Å²) >= 11 is 19.1. The molecule has 0 unspecified atom stereocenters. The molecule has 0 radical (unpaired) electrons. The molecule has 0 aliphatic rings. The minimum absolute atomic E-state index is 0.141. The van der Waals surface area contributed by atoms with Crippen molar-refractivity contribution in [2.75, 3.05) is 0 Å². The molecule has 0 atom stereocenters. The van der Waals surface area contributed by atoms with E-state index >= 15 is 0 Å². The number of aromatic nitrogens is 2. The highest BCUT2D eigenvalue weighted by molar-refractivity contribution is 6.42. The Bertz CT molecular complexity index is 1660. The van der Waals surface area contributed by atoms with Crippen LogP contribution in [0.3, 0.4) is 0 Å². The third kappa shape index (κ3) is 5.87. The Morgan fingerprint density at radius 3 is 2.23 bits per heavy atom. The first-order valence-corrected chi connectivity index (χ1v) is 13.5. The van der Waals surface area contributed by atoms with Gasteiger partial charge in [-0.2, -0.15) is 0 Å². The molecule has 2 aromatic carbocycles. The van der Waals surface area contributed by atoms with Gasteiger partial charge in [0.2, 0.25) is 0 Å². The van der Waals surface area contributed by atoms with Gasteiger partial charge in [0, 0.05) is 39.2 Å². The van der Waals surface area contributed by atoms with E-state index in [1.54, 1.807) is 45.0 Å². The Balaban J connectivity index is 1.92. The molecule has 4 aromatic rings. The number of hydrogen-bond acceptors (Lipinski definition) is 6. The molecule has 10 heteroatoms. The molecular formula is C30H27Cl3N2O5. The van der Waals surface area contributed by atoms with Gasteiger partial charge in [0.05, 0.1) is 15.6 Å². The summed E-state index contributed by atoms with van der Waals surface area (Å²) in [6.07, 6.45) is 4.94. The van der Waals surface area contributed by atoms with E-state index in [0.29, 0.717) is 39.1 Å². The fourth-order valence-electron chi connectivity index (χ4n) is 4.30. The molecule has 0 aliphatic heterocycles. The van der Waals surface area contributed by atoms with Crippen molar-refractivity contribution >= 4 is 69.9 Å². The van der Waals surface area contributed by atoms with Gasteiger partial charge < -0.3 is 9.26 Å². The quantitative estimate of drug-likeness (QED) is 0.130. The van der Waals surface area contributed by atoms with E-state index in [1.165, 1.54) is 29.0 Å². The first-order valence-electron chi connectivity index (χ1n) is 12.3. The maximum absolute atomic E-state index is 14.3. The lowest BCUT2D eigenvalue weighted by atomic mass is 9.88. The second kappa shape index (κ2) is 10.9. The molecule has 0 amide bonds. The lowest BCUT2D eigenvalue weighted by Crippen LogP contribution is -2.22. The van der Waals surface area contributed by atoms with Crippen LogP contribution in [0.5, 0.6) is 0 Å². The largest absolute Gasteiger partial charge is 0.457 e. The fraction of sp³-hybridized carbons (Fsp3) is 0.267. The summed E-state index contributed by atoms with van der Waals surface area (Å²) < 4.78 is 12.4. The van der Waals surface area contributed by atoms with E-state index < -0.39 is 22.9 Å². The van der Waals surface area contributed by atoms with Crippen LogP contribution in [0.25, 0.3) is 28.2 Å². The van der Waals surface area contributed by atoms with Crippen LogP contribution in [0.1, 0.15) is 73.6 Å². The van der Waals surface area contributed by atoms with Crippen molar-refractivity contribution in [2.24, 2.45) is 0 Å². The number of halogens is 3. The second-order valence-corrected chi connectivity index (χ2v) is 12.5. The Hall–Kier alpha value is -3.39. The average Bonchev–Trinajstić information content (AvgIpc) is 3.43. The first kappa shape index (κ1) is 29.6. The molecule has 4 rings (SSSR count). The molecule has 208 valence electrons. The summed E-state index contributed by atoms with van der Waals surface area (Å²) in [5, 5.41) is 5.40. The number of benzene rings is 2. The SMILES string of the molecule is CC(C)(C)OC(=O)/C=C/c1cccc2c1c(C=O)cn2C(=O)c1c(-c2c(Cl)cc(Cl)cc2Cl)noc1C(C)(C)C. The monoisotopic (exact) mass is 600 g/mol. The van der Waals surface area contributed by atoms with Gasteiger partial charge in [0.25, 0.3) is 5.91 Å². The maximum atomic E-state index is 14.3. The van der Waals surface area contributed by atoms with Crippen LogP contribution >= 0.6 is 34.8 Å². The zero-order valence-corrected chi connectivity index (χ0v) is 25.0. The number of fused-ring (bicyclic) bond motifs is 1. The van der Waals surface area contributed by atoms with Gasteiger partial charge >= 0.3 is 5.97 Å². The Kier molecular flexibility index (Phi) is 8.05. The zero-order chi connectivity index (χ0) is 29.6. The highest BCUT2D eigenvalue weighted by Gasteiger charge is 2.34. The van der Waals surface area contributed by atoms with Gasteiger partial charge in [0.1, 0.15) is 16.9 Å². The normalized spacial score (nSPS) is 12.3. The molecule has 0 fully saturated rings. The number of carbonyl (C=O) groups excluding carboxylic acids is 3. The Morgan fingerprint density at radius 1 is 1.00 bits per heavy atom. The van der Waals surface area contributed by atoms with Crippen molar-refractivity contribution < 1.29 is 23.6 Å². The number of aldehydes is 1. The predicted molar refractivity (Wildman–Crippen MR) is 158 cm³/mol. The molecule has 0 aliphatic carbocycles. The van der Waals surface area contributed by atoms with Crippen LogP contribution < -0.4 is 0 Å². The lowest BCUT2D eigenvalue weighted by molar-refractivity contribution is -0.148. The molecule has 40 heavy (non-hydrogen) atoms. The van der Waals surface area contributed by atoms with E-state index in [9.17, 15) is 14.4 Å². The van der Waals surface area contributed by atoms with Gasteiger partial charge in [-0.15, -0.1) is 0 Å². The van der Waals surface area contributed by atoms with Crippen molar-refractivity contribution in [1.29, 1.82) is 0 Å².